The van der Waals surface area contributed by atoms with Crippen molar-refractivity contribution in [3.8, 4) is 11.1 Å². The van der Waals surface area contributed by atoms with Gasteiger partial charge >= 0.3 is 18.5 Å². The van der Waals surface area contributed by atoms with Crippen molar-refractivity contribution in [2.75, 3.05) is 53.0 Å². The van der Waals surface area contributed by atoms with Crippen molar-refractivity contribution >= 4 is 81.7 Å². The molecule has 4 aromatic carbocycles. The van der Waals surface area contributed by atoms with Gasteiger partial charge in [-0.05, 0) is 60.9 Å². The lowest BCUT2D eigenvalue weighted by Gasteiger charge is -2.22. The van der Waals surface area contributed by atoms with Crippen molar-refractivity contribution in [2.45, 2.75) is 32.4 Å². The third-order valence-electron chi connectivity index (χ3n) is 8.93. The molecule has 4 aromatic rings. The maximum atomic E-state index is 13.4. The third-order valence-corrected chi connectivity index (χ3v) is 12.3. The van der Waals surface area contributed by atoms with Crippen LogP contribution >= 0.6 is 46.9 Å². The highest BCUT2D eigenvalue weighted by molar-refractivity contribution is 8.04. The fraction of sp³-hybridized carbons (Fsp3) is 0.250. The van der Waals surface area contributed by atoms with Gasteiger partial charge in [-0.1, -0.05) is 72.3 Å². The summed E-state index contributed by atoms with van der Waals surface area (Å²) in [6.07, 6.45) is -14.1. The SMILES string of the molecule is Cc1ccccc1NC(=O)C1=C(C(F)(F)F)OCCS1.Cc1ccccc1NC(=O)C1=C(C(F)(F)F)OCCS1.O=C(Nc1ccccc1-c1ccc(F)c(Cl)c1)C1=C(C(F)(F)F)OCCS1. The van der Waals surface area contributed by atoms with Crippen LogP contribution in [-0.4, -0.2) is 73.3 Å². The summed E-state index contributed by atoms with van der Waals surface area (Å²) >= 11 is 8.29. The Hall–Kier alpha value is -5.45. The number of benzene rings is 4. The zero-order valence-electron chi connectivity index (χ0n) is 34.7. The Balaban J connectivity index is 0.000000192. The van der Waals surface area contributed by atoms with Crippen LogP contribution in [0, 0.1) is 19.7 Å². The molecule has 0 unspecified atom stereocenters. The molecule has 3 aliphatic rings. The number of para-hydroxylation sites is 3. The van der Waals surface area contributed by atoms with Crippen LogP contribution in [0.5, 0.6) is 0 Å². The lowest BCUT2D eigenvalue weighted by Crippen LogP contribution is -2.26. The van der Waals surface area contributed by atoms with Crippen molar-refractivity contribution in [3.63, 3.8) is 0 Å². The molecule has 0 saturated heterocycles. The second-order valence-corrected chi connectivity index (χ2v) is 17.4. The predicted octanol–water partition coefficient (Wildman–Crippen LogP) is 12.6. The van der Waals surface area contributed by atoms with E-state index in [0.29, 0.717) is 34.0 Å². The van der Waals surface area contributed by atoms with Crippen molar-refractivity contribution in [1.82, 2.24) is 0 Å². The van der Waals surface area contributed by atoms with Crippen LogP contribution in [0.2, 0.25) is 5.02 Å². The van der Waals surface area contributed by atoms with Crippen LogP contribution in [0.15, 0.2) is 123 Å². The van der Waals surface area contributed by atoms with Gasteiger partial charge in [0.15, 0.2) is 0 Å². The topological polar surface area (TPSA) is 115 Å². The number of halogens is 11. The van der Waals surface area contributed by atoms with Gasteiger partial charge in [0.25, 0.3) is 17.7 Å². The first-order valence-electron chi connectivity index (χ1n) is 19.4. The zero-order valence-corrected chi connectivity index (χ0v) is 37.9. The van der Waals surface area contributed by atoms with E-state index >= 15 is 0 Å². The van der Waals surface area contributed by atoms with Gasteiger partial charge in [0, 0.05) is 39.9 Å². The Morgan fingerprint density at radius 2 is 0.866 bits per heavy atom. The Morgan fingerprint density at radius 3 is 1.22 bits per heavy atom. The molecule has 0 fully saturated rings. The molecule has 23 heteroatoms. The number of rotatable bonds is 7. The van der Waals surface area contributed by atoms with E-state index < -0.39 is 74.1 Å². The fourth-order valence-corrected chi connectivity index (χ4v) is 8.62. The number of aryl methyl sites for hydroxylation is 2. The molecule has 3 heterocycles. The minimum atomic E-state index is -4.76. The highest BCUT2D eigenvalue weighted by atomic mass is 35.5. The number of nitrogens with one attached hydrogen (secondary N) is 3. The molecule has 0 bridgehead atoms. The molecule has 0 aromatic heterocycles. The van der Waals surface area contributed by atoms with E-state index in [4.69, 9.17) is 11.6 Å². The molecule has 67 heavy (non-hydrogen) atoms. The quantitative estimate of drug-likeness (QED) is 0.156. The Bertz CT molecular complexity index is 2470. The number of anilines is 3. The maximum absolute atomic E-state index is 13.4. The summed E-state index contributed by atoms with van der Waals surface area (Å²) in [7, 11) is 0. The summed E-state index contributed by atoms with van der Waals surface area (Å²) in [6, 6.07) is 24.2. The van der Waals surface area contributed by atoms with Crippen LogP contribution in [0.3, 0.4) is 0 Å². The number of alkyl halides is 9. The van der Waals surface area contributed by atoms with Crippen LogP contribution < -0.4 is 16.0 Å². The summed E-state index contributed by atoms with van der Waals surface area (Å²) < 4.78 is 143. The first kappa shape index (κ1) is 52.5. The van der Waals surface area contributed by atoms with Crippen LogP contribution in [0.25, 0.3) is 11.1 Å². The molecule has 0 atom stereocenters. The first-order chi connectivity index (χ1) is 31.6. The lowest BCUT2D eigenvalue weighted by atomic mass is 10.0. The summed E-state index contributed by atoms with van der Waals surface area (Å²) in [6.45, 7) is 3.29. The number of carbonyl (C=O) groups excluding carboxylic acids is 3. The lowest BCUT2D eigenvalue weighted by molar-refractivity contribution is -0.133. The fourth-order valence-electron chi connectivity index (χ4n) is 5.86. The number of thioether (sulfide) groups is 3. The van der Waals surface area contributed by atoms with E-state index in [1.165, 1.54) is 24.3 Å². The third kappa shape index (κ3) is 14.5. The van der Waals surface area contributed by atoms with Gasteiger partial charge in [0.1, 0.15) is 20.5 Å². The van der Waals surface area contributed by atoms with Gasteiger partial charge in [-0.15, -0.1) is 35.3 Å². The van der Waals surface area contributed by atoms with Crippen LogP contribution in [0.1, 0.15) is 11.1 Å². The van der Waals surface area contributed by atoms with E-state index in [9.17, 15) is 58.3 Å². The standard InChI is InChI=1S/C18H12ClF4NO2S.2C13H12F3NO2S/c19-12-9-10(5-6-13(12)20)11-3-1-2-4-14(11)24-17(25)15-16(18(21,22)23)26-7-8-27-15;2*1-8-4-2-3-5-9(8)17-12(18)10-11(13(14,15)16)19-6-7-20-10/h1-6,9H,7-8H2,(H,24,25);2*2-5H,6-7H2,1H3,(H,17,18). The molecule has 0 saturated carbocycles. The highest BCUT2D eigenvalue weighted by Gasteiger charge is 2.44. The van der Waals surface area contributed by atoms with E-state index in [2.05, 4.69) is 30.2 Å². The molecular weight excluding hydrogens is 988 g/mol. The highest BCUT2D eigenvalue weighted by Crippen LogP contribution is 2.40. The second-order valence-electron chi connectivity index (χ2n) is 13.7. The number of ether oxygens (including phenoxy) is 3. The van der Waals surface area contributed by atoms with Gasteiger partial charge in [0.2, 0.25) is 17.3 Å². The number of carbonyl (C=O) groups is 3. The van der Waals surface area contributed by atoms with Crippen LogP contribution in [0.4, 0.5) is 61.0 Å². The molecule has 9 nitrogen and oxygen atoms in total. The summed E-state index contributed by atoms with van der Waals surface area (Å²) in [4.78, 5) is 35.1. The number of hydrogen-bond acceptors (Lipinski definition) is 9. The normalized spacial score (nSPS) is 15.4. The molecule has 0 radical (unpaired) electrons. The van der Waals surface area contributed by atoms with Gasteiger partial charge in [0.05, 0.1) is 24.8 Å². The van der Waals surface area contributed by atoms with Crippen molar-refractivity contribution < 1.29 is 72.5 Å². The van der Waals surface area contributed by atoms with E-state index in [1.807, 2.05) is 0 Å². The minimum Gasteiger partial charge on any atom is -0.487 e. The van der Waals surface area contributed by atoms with E-state index in [-0.39, 0.29) is 36.3 Å². The summed E-state index contributed by atoms with van der Waals surface area (Å²) in [5, 5.41) is 7.34. The van der Waals surface area contributed by atoms with Crippen molar-refractivity contribution in [1.29, 1.82) is 0 Å². The number of amides is 3. The average molecular weight is 1020 g/mol. The molecule has 358 valence electrons. The molecule has 7 rings (SSSR count). The van der Waals surface area contributed by atoms with Gasteiger partial charge in [-0.25, -0.2) is 4.39 Å². The molecule has 0 spiro atoms. The predicted molar refractivity (Wildman–Crippen MR) is 240 cm³/mol. The summed E-state index contributed by atoms with van der Waals surface area (Å²) in [5.41, 5.74) is 3.78. The molecular formula is C44H36ClF10N3O6S3. The van der Waals surface area contributed by atoms with Crippen LogP contribution in [-0.2, 0) is 28.6 Å². The number of hydrogen-bond donors (Lipinski definition) is 3. The van der Waals surface area contributed by atoms with Crippen molar-refractivity contribution in [3.05, 3.63) is 145 Å². The monoisotopic (exact) mass is 1020 g/mol. The minimum absolute atomic E-state index is 0.0549. The summed E-state index contributed by atoms with van der Waals surface area (Å²) in [5.74, 6) is -5.96. The van der Waals surface area contributed by atoms with Crippen molar-refractivity contribution in [2.24, 2.45) is 0 Å². The average Bonchev–Trinajstić information content (AvgIpc) is 3.28. The first-order valence-corrected chi connectivity index (χ1v) is 22.7. The maximum Gasteiger partial charge on any atom is 0.450 e. The largest absolute Gasteiger partial charge is 0.487 e. The molecule has 3 N–H and O–H groups in total. The zero-order chi connectivity index (χ0) is 49.1. The Labute approximate surface area is 394 Å². The second kappa shape index (κ2) is 23.0. The number of allylic oxidation sites excluding steroid dienone is 3. The van der Waals surface area contributed by atoms with Gasteiger partial charge in [-0.3, -0.25) is 14.4 Å². The molecule has 3 amide bonds. The Kier molecular flexibility index (Phi) is 18.1. The Morgan fingerprint density at radius 1 is 0.522 bits per heavy atom. The van der Waals surface area contributed by atoms with Gasteiger partial charge < -0.3 is 30.2 Å². The molecule has 3 aliphatic heterocycles. The van der Waals surface area contributed by atoms with E-state index in [0.717, 1.165) is 46.4 Å². The molecule has 0 aliphatic carbocycles. The smallest absolute Gasteiger partial charge is 0.450 e. The van der Waals surface area contributed by atoms with Gasteiger partial charge in [-0.2, -0.15) is 39.5 Å². The van der Waals surface area contributed by atoms with E-state index in [1.54, 1.807) is 80.6 Å².